The van der Waals surface area contributed by atoms with E-state index in [1.54, 1.807) is 0 Å². The summed E-state index contributed by atoms with van der Waals surface area (Å²) < 4.78 is 41.9. The first kappa shape index (κ1) is 16.0. The van der Waals surface area contributed by atoms with E-state index < -0.39 is 34.5 Å². The molecule has 0 radical (unpaired) electrons. The second-order valence-corrected chi connectivity index (χ2v) is 5.20. The standard InChI is InChI=1S/C10H12F3NO4S/c1-5(15)19-7(10(11,12)13)9(17)18-8(16)6-3-2-4-14-6/h6-7,14H,2-4H2,1H3/t6-,7?/m0/s1. The van der Waals surface area contributed by atoms with Crippen molar-refractivity contribution in [3.8, 4) is 0 Å². The summed E-state index contributed by atoms with van der Waals surface area (Å²) in [6.45, 7) is 1.44. The van der Waals surface area contributed by atoms with Crippen LogP contribution in [-0.2, 0) is 19.1 Å². The summed E-state index contributed by atoms with van der Waals surface area (Å²) in [5.74, 6) is -2.80. The summed E-state index contributed by atoms with van der Waals surface area (Å²) in [5.41, 5.74) is 0. The van der Waals surface area contributed by atoms with Crippen molar-refractivity contribution in [2.75, 3.05) is 6.54 Å². The second-order valence-electron chi connectivity index (χ2n) is 3.92. The number of rotatable bonds is 3. The van der Waals surface area contributed by atoms with Crippen LogP contribution in [0.4, 0.5) is 13.2 Å². The number of thioether (sulfide) groups is 1. The molecule has 9 heteroatoms. The molecule has 1 fully saturated rings. The van der Waals surface area contributed by atoms with E-state index >= 15 is 0 Å². The van der Waals surface area contributed by atoms with Crippen LogP contribution in [0, 0.1) is 0 Å². The average Bonchev–Trinajstić information content (AvgIpc) is 2.77. The Morgan fingerprint density at radius 1 is 1.37 bits per heavy atom. The van der Waals surface area contributed by atoms with Gasteiger partial charge in [0.2, 0.25) is 5.25 Å². The third-order valence-electron chi connectivity index (χ3n) is 2.34. The molecule has 2 atom stereocenters. The molecule has 0 bridgehead atoms. The van der Waals surface area contributed by atoms with Gasteiger partial charge in [-0.05, 0) is 19.4 Å². The highest BCUT2D eigenvalue weighted by Gasteiger charge is 2.48. The molecular weight excluding hydrogens is 287 g/mol. The molecule has 1 unspecified atom stereocenters. The molecule has 0 saturated carbocycles. The number of halogens is 3. The van der Waals surface area contributed by atoms with Crippen molar-refractivity contribution in [1.82, 2.24) is 5.32 Å². The number of esters is 2. The number of ether oxygens (including phenoxy) is 1. The van der Waals surface area contributed by atoms with E-state index in [0.29, 0.717) is 19.4 Å². The first-order valence-corrected chi connectivity index (χ1v) is 6.32. The van der Waals surface area contributed by atoms with Crippen molar-refractivity contribution in [3.63, 3.8) is 0 Å². The van der Waals surface area contributed by atoms with E-state index in [1.165, 1.54) is 0 Å². The van der Waals surface area contributed by atoms with Gasteiger partial charge >= 0.3 is 18.1 Å². The predicted octanol–water partition coefficient (Wildman–Crippen LogP) is 1.02. The minimum Gasteiger partial charge on any atom is -0.391 e. The van der Waals surface area contributed by atoms with Gasteiger partial charge in [0, 0.05) is 6.92 Å². The number of carbonyl (C=O) groups is 3. The molecule has 1 aliphatic heterocycles. The number of hydrogen-bond acceptors (Lipinski definition) is 6. The van der Waals surface area contributed by atoms with Crippen LogP contribution in [0.2, 0.25) is 0 Å². The third-order valence-corrected chi connectivity index (χ3v) is 3.37. The molecular formula is C10H12F3NO4S. The Bertz CT molecular complexity index is 379. The number of alkyl halides is 3. The Balaban J connectivity index is 2.66. The Labute approximate surface area is 111 Å². The third kappa shape index (κ3) is 4.83. The fourth-order valence-corrected chi connectivity index (χ4v) is 2.13. The van der Waals surface area contributed by atoms with Crippen molar-refractivity contribution in [3.05, 3.63) is 0 Å². The minimum atomic E-state index is -4.95. The average molecular weight is 299 g/mol. The van der Waals surface area contributed by atoms with Gasteiger partial charge in [0.05, 0.1) is 0 Å². The lowest BCUT2D eigenvalue weighted by Crippen LogP contribution is -2.41. The highest BCUT2D eigenvalue weighted by Crippen LogP contribution is 2.32. The van der Waals surface area contributed by atoms with Crippen molar-refractivity contribution in [2.45, 2.75) is 37.2 Å². The van der Waals surface area contributed by atoms with Crippen LogP contribution in [0.15, 0.2) is 0 Å². The van der Waals surface area contributed by atoms with Gasteiger partial charge in [-0.2, -0.15) is 13.2 Å². The molecule has 5 nitrogen and oxygen atoms in total. The van der Waals surface area contributed by atoms with Gasteiger partial charge in [0.1, 0.15) is 6.04 Å². The molecule has 19 heavy (non-hydrogen) atoms. The van der Waals surface area contributed by atoms with Gasteiger partial charge in [0.25, 0.3) is 0 Å². The monoisotopic (exact) mass is 299 g/mol. The quantitative estimate of drug-likeness (QED) is 0.619. The normalized spacial score (nSPS) is 20.9. The second kappa shape index (κ2) is 6.38. The van der Waals surface area contributed by atoms with E-state index in [2.05, 4.69) is 10.1 Å². The molecule has 0 amide bonds. The van der Waals surface area contributed by atoms with E-state index in [0.717, 1.165) is 6.92 Å². The van der Waals surface area contributed by atoms with E-state index in [9.17, 15) is 27.6 Å². The summed E-state index contributed by atoms with van der Waals surface area (Å²) in [5, 5.41) is -0.856. The zero-order valence-electron chi connectivity index (χ0n) is 9.95. The van der Waals surface area contributed by atoms with Crippen molar-refractivity contribution in [1.29, 1.82) is 0 Å². The van der Waals surface area contributed by atoms with Crippen LogP contribution in [0.25, 0.3) is 0 Å². The molecule has 0 aromatic rings. The lowest BCUT2D eigenvalue weighted by Gasteiger charge is -2.17. The van der Waals surface area contributed by atoms with Crippen molar-refractivity contribution < 1.29 is 32.3 Å². The zero-order chi connectivity index (χ0) is 14.6. The van der Waals surface area contributed by atoms with Gasteiger partial charge in [0.15, 0.2) is 5.12 Å². The molecule has 0 aromatic carbocycles. The van der Waals surface area contributed by atoms with Gasteiger partial charge in [-0.3, -0.25) is 4.79 Å². The summed E-state index contributed by atoms with van der Waals surface area (Å²) in [7, 11) is 0. The van der Waals surface area contributed by atoms with Crippen LogP contribution < -0.4 is 5.32 Å². The Morgan fingerprint density at radius 2 is 2.00 bits per heavy atom. The van der Waals surface area contributed by atoms with E-state index in [1.807, 2.05) is 0 Å². The summed E-state index contributed by atoms with van der Waals surface area (Å²) in [6.07, 6.45) is -3.86. The molecule has 0 aromatic heterocycles. The fraction of sp³-hybridized carbons (Fsp3) is 0.700. The maximum absolute atomic E-state index is 12.6. The lowest BCUT2D eigenvalue weighted by atomic mass is 10.2. The first-order valence-electron chi connectivity index (χ1n) is 5.44. The molecule has 0 aliphatic carbocycles. The molecule has 1 aliphatic rings. The van der Waals surface area contributed by atoms with Crippen LogP contribution in [0.3, 0.4) is 0 Å². The molecule has 0 spiro atoms. The smallest absolute Gasteiger partial charge is 0.391 e. The van der Waals surface area contributed by atoms with Crippen molar-refractivity contribution >= 4 is 28.8 Å². The summed E-state index contributed by atoms with van der Waals surface area (Å²) >= 11 is -0.212. The van der Waals surface area contributed by atoms with Crippen LogP contribution in [0.1, 0.15) is 19.8 Å². The molecule has 108 valence electrons. The van der Waals surface area contributed by atoms with Gasteiger partial charge in [-0.25, -0.2) is 9.59 Å². The van der Waals surface area contributed by atoms with Crippen LogP contribution >= 0.6 is 11.8 Å². The zero-order valence-corrected chi connectivity index (χ0v) is 10.8. The maximum Gasteiger partial charge on any atom is 0.411 e. The highest BCUT2D eigenvalue weighted by molar-refractivity contribution is 8.14. The van der Waals surface area contributed by atoms with E-state index in [4.69, 9.17) is 0 Å². The van der Waals surface area contributed by atoms with Crippen molar-refractivity contribution in [2.24, 2.45) is 0 Å². The Morgan fingerprint density at radius 3 is 2.42 bits per heavy atom. The lowest BCUT2D eigenvalue weighted by molar-refractivity contribution is -0.174. The fourth-order valence-electron chi connectivity index (χ4n) is 1.52. The van der Waals surface area contributed by atoms with E-state index in [-0.39, 0.29) is 11.8 Å². The summed E-state index contributed by atoms with van der Waals surface area (Å²) in [6, 6.07) is -0.764. The topological polar surface area (TPSA) is 72.5 Å². The van der Waals surface area contributed by atoms with Crippen LogP contribution in [-0.4, -0.2) is 41.1 Å². The van der Waals surface area contributed by atoms with Gasteiger partial charge < -0.3 is 10.1 Å². The molecule has 1 saturated heterocycles. The van der Waals surface area contributed by atoms with Gasteiger partial charge in [-0.15, -0.1) is 0 Å². The highest BCUT2D eigenvalue weighted by atomic mass is 32.2. The SMILES string of the molecule is CC(=O)SC(C(=O)OC(=O)[C@@H]1CCCN1)C(F)(F)F. The summed E-state index contributed by atoms with van der Waals surface area (Å²) in [4.78, 5) is 33.4. The Kier molecular flexibility index (Phi) is 5.36. The largest absolute Gasteiger partial charge is 0.411 e. The molecule has 1 N–H and O–H groups in total. The van der Waals surface area contributed by atoms with Crippen LogP contribution in [0.5, 0.6) is 0 Å². The minimum absolute atomic E-state index is 0.212. The predicted molar refractivity (Wildman–Crippen MR) is 60.2 cm³/mol. The number of nitrogens with one attached hydrogen (secondary N) is 1. The maximum atomic E-state index is 12.6. The van der Waals surface area contributed by atoms with Gasteiger partial charge in [-0.1, -0.05) is 11.8 Å². The number of carbonyl (C=O) groups excluding carboxylic acids is 3. The molecule has 1 heterocycles. The first-order chi connectivity index (χ1) is 8.71. The Hall–Kier alpha value is -1.09. The number of hydrogen-bond donors (Lipinski definition) is 1. The molecule has 1 rings (SSSR count).